The van der Waals surface area contributed by atoms with Crippen molar-refractivity contribution in [2.75, 3.05) is 26.3 Å². The summed E-state index contributed by atoms with van der Waals surface area (Å²) in [4.78, 5) is 34.6. The van der Waals surface area contributed by atoms with E-state index in [1.807, 2.05) is 16.6 Å². The Morgan fingerprint density at radius 2 is 1.38 bits per heavy atom. The summed E-state index contributed by atoms with van der Waals surface area (Å²) >= 11 is 0. The summed E-state index contributed by atoms with van der Waals surface area (Å²) in [6.07, 6.45) is -10.2. The molecule has 1 amide bonds. The zero-order chi connectivity index (χ0) is 26.4. The fraction of sp³-hybridized carbons (Fsp3) is 0.667. The first-order valence-electron chi connectivity index (χ1n) is 9.72. The van der Waals surface area contributed by atoms with Crippen molar-refractivity contribution in [3.63, 3.8) is 0 Å². The van der Waals surface area contributed by atoms with Gasteiger partial charge < -0.3 is 19.8 Å². The molecule has 3 rings (SSSR count). The van der Waals surface area contributed by atoms with Gasteiger partial charge in [0.15, 0.2) is 5.69 Å². The first kappa shape index (κ1) is 29.2. The zero-order valence-electron chi connectivity index (χ0n) is 18.4. The van der Waals surface area contributed by atoms with Crippen LogP contribution in [0.3, 0.4) is 0 Å². The Morgan fingerprint density at radius 3 is 1.76 bits per heavy atom. The number of hydrogen-bond acceptors (Lipinski definition) is 6. The van der Waals surface area contributed by atoms with Crippen LogP contribution in [0.15, 0.2) is 0 Å². The normalized spacial score (nSPS) is 16.2. The van der Waals surface area contributed by atoms with E-state index in [0.29, 0.717) is 38.0 Å². The Balaban J connectivity index is 0.000000343. The minimum absolute atomic E-state index is 0.0516. The van der Waals surface area contributed by atoms with Crippen molar-refractivity contribution in [3.8, 4) is 0 Å². The van der Waals surface area contributed by atoms with Crippen LogP contribution in [0.2, 0.25) is 0 Å². The van der Waals surface area contributed by atoms with Crippen molar-refractivity contribution in [3.05, 3.63) is 17.0 Å². The van der Waals surface area contributed by atoms with Gasteiger partial charge in [0, 0.05) is 44.8 Å². The molecule has 0 unspecified atom stereocenters. The quantitative estimate of drug-likeness (QED) is 0.583. The van der Waals surface area contributed by atoms with E-state index >= 15 is 0 Å². The van der Waals surface area contributed by atoms with Crippen LogP contribution in [-0.4, -0.2) is 92.3 Å². The summed E-state index contributed by atoms with van der Waals surface area (Å²) in [5.41, 5.74) is 2.92. The molecule has 194 valence electrons. The molecule has 2 N–H and O–H groups in total. The number of aliphatic carboxylic acids is 2. The largest absolute Gasteiger partial charge is 0.490 e. The van der Waals surface area contributed by atoms with Crippen molar-refractivity contribution in [1.82, 2.24) is 19.6 Å². The molecule has 0 aliphatic carbocycles. The number of carbonyl (C=O) groups excluding carboxylic acids is 1. The average molecular weight is 506 g/mol. The Morgan fingerprint density at radius 1 is 0.941 bits per heavy atom. The van der Waals surface area contributed by atoms with Gasteiger partial charge >= 0.3 is 24.3 Å². The number of carboxylic acid groups (broad SMARTS) is 2. The molecule has 2 aliphatic heterocycles. The second-order valence-corrected chi connectivity index (χ2v) is 7.41. The van der Waals surface area contributed by atoms with Crippen molar-refractivity contribution in [2.45, 2.75) is 45.3 Å². The molecule has 1 aromatic heterocycles. The lowest BCUT2D eigenvalue weighted by molar-refractivity contribution is -0.193. The molecule has 1 aromatic rings. The second-order valence-electron chi connectivity index (χ2n) is 7.41. The molecule has 3 heterocycles. The third-order valence-electron chi connectivity index (χ3n) is 4.71. The standard InChI is InChI=1S/C14H22N4O2.2C2HF3O2/c1-10(2)18-8-11-12(9-18)16(3)15-13(11)14(19)17-4-6-20-7-5-17;2*3-2(4,5)1(6)7/h10H,4-9H2,1-3H3;2*(H,6,7). The van der Waals surface area contributed by atoms with Gasteiger partial charge in [-0.3, -0.25) is 14.4 Å². The highest BCUT2D eigenvalue weighted by Gasteiger charge is 2.39. The number of carboxylic acids is 2. The number of rotatable bonds is 2. The molecule has 0 radical (unpaired) electrons. The number of carbonyl (C=O) groups is 3. The Kier molecular flexibility index (Phi) is 9.86. The van der Waals surface area contributed by atoms with Crippen LogP contribution in [-0.2, 0) is 34.5 Å². The molecule has 1 fully saturated rings. The lowest BCUT2D eigenvalue weighted by Crippen LogP contribution is -2.41. The summed E-state index contributed by atoms with van der Waals surface area (Å²) in [5.74, 6) is -5.46. The first-order chi connectivity index (χ1) is 15.5. The van der Waals surface area contributed by atoms with Crippen molar-refractivity contribution < 1.29 is 55.7 Å². The van der Waals surface area contributed by atoms with Gasteiger partial charge in [-0.05, 0) is 13.8 Å². The van der Waals surface area contributed by atoms with Crippen molar-refractivity contribution in [2.24, 2.45) is 7.05 Å². The fourth-order valence-electron chi connectivity index (χ4n) is 2.87. The lowest BCUT2D eigenvalue weighted by atomic mass is 10.2. The van der Waals surface area contributed by atoms with Crippen molar-refractivity contribution in [1.29, 1.82) is 0 Å². The number of hydrogen-bond donors (Lipinski definition) is 2. The summed E-state index contributed by atoms with van der Waals surface area (Å²) in [6, 6.07) is 0.480. The van der Waals surface area contributed by atoms with Crippen LogP contribution in [0.25, 0.3) is 0 Å². The number of aryl methyl sites for hydroxylation is 1. The van der Waals surface area contributed by atoms with Gasteiger partial charge in [-0.15, -0.1) is 0 Å². The summed E-state index contributed by atoms with van der Waals surface area (Å²) in [7, 11) is 1.93. The highest BCUT2D eigenvalue weighted by Crippen LogP contribution is 2.28. The molecule has 16 heteroatoms. The topological polar surface area (TPSA) is 125 Å². The summed E-state index contributed by atoms with van der Waals surface area (Å²) in [5, 5.41) is 18.7. The van der Waals surface area contributed by atoms with Gasteiger partial charge in [0.05, 0.1) is 18.9 Å². The molecule has 0 bridgehead atoms. The van der Waals surface area contributed by atoms with Gasteiger partial charge in [-0.1, -0.05) is 0 Å². The molecule has 0 saturated carbocycles. The van der Waals surface area contributed by atoms with Crippen LogP contribution in [0.5, 0.6) is 0 Å². The number of nitrogens with zero attached hydrogens (tertiary/aromatic N) is 4. The van der Waals surface area contributed by atoms with Crippen LogP contribution in [0, 0.1) is 0 Å². The van der Waals surface area contributed by atoms with Crippen LogP contribution >= 0.6 is 0 Å². The van der Waals surface area contributed by atoms with E-state index in [0.717, 1.165) is 18.7 Å². The minimum atomic E-state index is -5.08. The molecular formula is C18H24F6N4O6. The van der Waals surface area contributed by atoms with Gasteiger partial charge in [-0.25, -0.2) is 9.59 Å². The predicted octanol–water partition coefficient (Wildman–Crippen LogP) is 1.88. The molecule has 0 aromatic carbocycles. The molecular weight excluding hydrogens is 482 g/mol. The smallest absolute Gasteiger partial charge is 0.475 e. The Hall–Kier alpha value is -2.88. The van der Waals surface area contributed by atoms with Crippen LogP contribution in [0.1, 0.15) is 35.6 Å². The van der Waals surface area contributed by atoms with E-state index in [2.05, 4.69) is 23.8 Å². The predicted molar refractivity (Wildman–Crippen MR) is 102 cm³/mol. The third-order valence-corrected chi connectivity index (χ3v) is 4.71. The van der Waals surface area contributed by atoms with Crippen LogP contribution in [0.4, 0.5) is 26.3 Å². The van der Waals surface area contributed by atoms with Crippen molar-refractivity contribution >= 4 is 17.8 Å². The Bertz CT molecular complexity index is 854. The monoisotopic (exact) mass is 506 g/mol. The van der Waals surface area contributed by atoms with Crippen LogP contribution < -0.4 is 0 Å². The maximum absolute atomic E-state index is 12.6. The highest BCUT2D eigenvalue weighted by atomic mass is 19.4. The van der Waals surface area contributed by atoms with Gasteiger partial charge in [-0.2, -0.15) is 31.4 Å². The average Bonchev–Trinajstić information content (AvgIpc) is 3.28. The number of ether oxygens (including phenoxy) is 1. The lowest BCUT2D eigenvalue weighted by Gasteiger charge is -2.26. The van der Waals surface area contributed by atoms with E-state index in [4.69, 9.17) is 24.5 Å². The first-order valence-corrected chi connectivity index (χ1v) is 9.72. The molecule has 34 heavy (non-hydrogen) atoms. The van der Waals surface area contributed by atoms with Gasteiger partial charge in [0.25, 0.3) is 5.91 Å². The summed E-state index contributed by atoms with van der Waals surface area (Å²) in [6.45, 7) is 8.65. The maximum atomic E-state index is 12.6. The molecule has 1 saturated heterocycles. The Labute approximate surface area is 189 Å². The zero-order valence-corrected chi connectivity index (χ0v) is 18.4. The number of fused-ring (bicyclic) bond motifs is 1. The maximum Gasteiger partial charge on any atom is 0.490 e. The van der Waals surface area contributed by atoms with Gasteiger partial charge in [0.1, 0.15) is 0 Å². The molecule has 0 spiro atoms. The number of amides is 1. The second kappa shape index (κ2) is 11.5. The van der Waals surface area contributed by atoms with E-state index in [1.165, 1.54) is 5.69 Å². The summed E-state index contributed by atoms with van der Waals surface area (Å²) < 4.78 is 70.6. The number of alkyl halides is 6. The number of aromatic nitrogens is 2. The van der Waals surface area contributed by atoms with E-state index in [1.54, 1.807) is 0 Å². The van der Waals surface area contributed by atoms with Gasteiger partial charge in [0.2, 0.25) is 0 Å². The highest BCUT2D eigenvalue weighted by molar-refractivity contribution is 5.94. The van der Waals surface area contributed by atoms with E-state index in [-0.39, 0.29) is 5.91 Å². The molecule has 2 aliphatic rings. The molecule has 0 atom stereocenters. The fourth-order valence-corrected chi connectivity index (χ4v) is 2.87. The minimum Gasteiger partial charge on any atom is -0.475 e. The SMILES string of the molecule is CC(C)N1Cc2c(C(=O)N3CCOCC3)nn(C)c2C1.O=C(O)C(F)(F)F.O=C(O)C(F)(F)F. The third kappa shape index (κ3) is 8.16. The van der Waals surface area contributed by atoms with E-state index < -0.39 is 24.3 Å². The number of halogens is 6. The molecule has 10 nitrogen and oxygen atoms in total. The van der Waals surface area contributed by atoms with E-state index in [9.17, 15) is 31.1 Å². The number of morpholine rings is 1.